The Morgan fingerprint density at radius 2 is 0.836 bits per heavy atom. The van der Waals surface area contributed by atoms with Gasteiger partial charge in [-0.3, -0.25) is 14.4 Å². The highest BCUT2D eigenvalue weighted by molar-refractivity contribution is 6.92. The Morgan fingerprint density at radius 3 is 1.13 bits per heavy atom. The number of ether oxygens (including phenoxy) is 4. The second kappa shape index (κ2) is 18.9. The highest BCUT2D eigenvalue weighted by Crippen LogP contribution is 2.61. The number of aliphatic hydroxyl groups excluding tert-OH is 1. The Bertz CT molecular complexity index is 2260. The van der Waals surface area contributed by atoms with E-state index in [9.17, 15) is 29.1 Å². The van der Waals surface area contributed by atoms with Gasteiger partial charge >= 0.3 is 11.9 Å². The average Bonchev–Trinajstić information content (AvgIpc) is 4.10. The molecule has 2 heterocycles. The van der Waals surface area contributed by atoms with Crippen LogP contribution in [-0.2, 0) is 42.9 Å². The Hall–Kier alpha value is -4.24. The van der Waals surface area contributed by atoms with E-state index in [2.05, 4.69) is 41.5 Å². The lowest BCUT2D eigenvalue weighted by atomic mass is 9.70. The van der Waals surface area contributed by atoms with Crippen molar-refractivity contribution >= 4 is 47.6 Å². The van der Waals surface area contributed by atoms with Gasteiger partial charge in [0.1, 0.15) is 0 Å². The topological polar surface area (TPSA) is 143 Å². The summed E-state index contributed by atoms with van der Waals surface area (Å²) in [5.41, 5.74) is 13.4. The van der Waals surface area contributed by atoms with Crippen LogP contribution in [0.4, 0.5) is 0 Å². The van der Waals surface area contributed by atoms with Crippen molar-refractivity contribution in [1.29, 1.82) is 0 Å². The molecular weight excluding hydrogens is 862 g/mol. The van der Waals surface area contributed by atoms with Gasteiger partial charge in [0, 0.05) is 85.4 Å². The van der Waals surface area contributed by atoms with E-state index >= 15 is 0 Å². The van der Waals surface area contributed by atoms with Crippen LogP contribution >= 0.6 is 9.90 Å². The molecule has 11 aliphatic rings. The fourth-order valence-corrected chi connectivity index (χ4v) is 14.4. The molecule has 9 atom stereocenters. The van der Waals surface area contributed by atoms with Gasteiger partial charge in [0.15, 0.2) is 17.3 Å². The molecule has 0 aromatic rings. The first-order valence-electron chi connectivity index (χ1n) is 24.4. The first-order chi connectivity index (χ1) is 30.8. The highest BCUT2D eigenvalue weighted by Gasteiger charge is 2.53. The summed E-state index contributed by atoms with van der Waals surface area (Å²) in [7, 11) is 0. The number of hydrogen-bond acceptors (Lipinski definition) is 10. The third-order valence-corrected chi connectivity index (χ3v) is 17.2. The van der Waals surface area contributed by atoms with Crippen LogP contribution in [-0.4, -0.2) is 55.4 Å². The number of carbonyl (C=O) groups is 5. The Morgan fingerprint density at radius 1 is 0.522 bits per heavy atom. The quantitative estimate of drug-likeness (QED) is 0.0723. The minimum Gasteiger partial charge on any atom is -0.515 e. The molecule has 0 spiro atoms. The van der Waals surface area contributed by atoms with Gasteiger partial charge < -0.3 is 24.1 Å². The third kappa shape index (κ3) is 9.21. The summed E-state index contributed by atoms with van der Waals surface area (Å²) < 4.78 is 21.4. The van der Waals surface area contributed by atoms with Gasteiger partial charge in [-0.25, -0.2) is 9.59 Å². The van der Waals surface area contributed by atoms with Crippen molar-refractivity contribution < 1.29 is 48.0 Å². The Balaban J connectivity index is 0.000000149. The van der Waals surface area contributed by atoms with Crippen molar-refractivity contribution in [2.45, 2.75) is 164 Å². The molecule has 5 unspecified atom stereocenters. The highest BCUT2D eigenvalue weighted by atomic mass is 31.0. The number of esters is 2. The minimum atomic E-state index is -0.697. The minimum absolute atomic E-state index is 0. The molecule has 9 aliphatic carbocycles. The zero-order chi connectivity index (χ0) is 46.3. The fraction of sp³-hybridized carbons (Fsp3) is 0.618. The summed E-state index contributed by atoms with van der Waals surface area (Å²) >= 11 is 0. The lowest BCUT2D eigenvalue weighted by Crippen LogP contribution is -2.23. The first-order valence-corrected chi connectivity index (χ1v) is 24.4. The first kappa shape index (κ1) is 50.6. The van der Waals surface area contributed by atoms with Crippen LogP contribution in [0.15, 0.2) is 92.2 Å². The molecule has 67 heavy (non-hydrogen) atoms. The number of carbonyl (C=O) groups excluding carboxylic acids is 5. The maximum Gasteiger partial charge on any atom is 0.336 e. The molecule has 3 saturated carbocycles. The molecule has 10 nitrogen and oxygen atoms in total. The average molecular weight is 934 g/mol. The maximum atomic E-state index is 12.5. The molecule has 0 saturated heterocycles. The van der Waals surface area contributed by atoms with Gasteiger partial charge in [-0.05, 0) is 125 Å². The van der Waals surface area contributed by atoms with E-state index in [0.29, 0.717) is 53.7 Å². The number of ketones is 3. The van der Waals surface area contributed by atoms with Crippen LogP contribution in [0.3, 0.4) is 0 Å². The second-order valence-electron chi connectivity index (χ2n) is 22.6. The number of Topliss-reactive ketones (excluding diaryl/α,β-unsaturated/α-hetero) is 3. The molecule has 1 N–H and O–H groups in total. The molecule has 0 aromatic carbocycles. The molecule has 11 rings (SSSR count). The van der Waals surface area contributed by atoms with E-state index in [1.54, 1.807) is 72.0 Å². The normalized spacial score (nSPS) is 35.2. The molecular formula is C55H71BO10P. The van der Waals surface area contributed by atoms with Crippen LogP contribution in [0.25, 0.3) is 0 Å². The van der Waals surface area contributed by atoms with Gasteiger partial charge in [-0.1, -0.05) is 75.0 Å². The zero-order valence-corrected chi connectivity index (χ0v) is 42.4. The number of fused-ring (bicyclic) bond motifs is 6. The van der Waals surface area contributed by atoms with Gasteiger partial charge in [0.2, 0.25) is 0 Å². The summed E-state index contributed by atoms with van der Waals surface area (Å²) in [6, 6.07) is 0. The number of rotatable bonds is 4. The molecule has 0 aromatic heterocycles. The van der Waals surface area contributed by atoms with Crippen LogP contribution in [0, 0.1) is 51.8 Å². The molecule has 0 amide bonds. The van der Waals surface area contributed by atoms with E-state index in [-0.39, 0.29) is 81.6 Å². The standard InChI is InChI=1S/2C20H24O4.C15H20O2.B.H3P/c2*1-11-7-17(24-19(11)22)23-10-15-13-8-12-5-4-6-20(2,3)18(12)14(13)9-16(15)21;1-15(2)5-3-4-9-6-10-11(14(9)15)7-13(17)12(10)8-16;;/h2*7,10,13-14,17H,4-6,8-9H2,1-3H3;8,10-11,16H,3-7H2,1-2H3;;1H3/b2*15-10+;12-8+;;/t2*13-,14-,17?;;;/m00.../s1. The molecule has 359 valence electrons. The van der Waals surface area contributed by atoms with Gasteiger partial charge in [0.05, 0.1) is 18.8 Å². The molecule has 12 heteroatoms. The maximum absolute atomic E-state index is 12.5. The Labute approximate surface area is 402 Å². The molecule has 3 radical (unpaired) electrons. The summed E-state index contributed by atoms with van der Waals surface area (Å²) in [5, 5.41) is 9.25. The molecule has 3 fully saturated rings. The van der Waals surface area contributed by atoms with Crippen LogP contribution in [0.5, 0.6) is 0 Å². The van der Waals surface area contributed by atoms with E-state index in [0.717, 1.165) is 36.7 Å². The number of hydrogen-bond donors (Lipinski definition) is 1. The lowest BCUT2D eigenvalue weighted by Gasteiger charge is -2.35. The predicted octanol–water partition coefficient (Wildman–Crippen LogP) is 10.9. The van der Waals surface area contributed by atoms with Gasteiger partial charge in [0.25, 0.3) is 12.6 Å². The van der Waals surface area contributed by atoms with Gasteiger partial charge in [-0.2, -0.15) is 9.90 Å². The number of allylic oxidation sites excluding steroid dienone is 9. The SMILES string of the molecule is CC1(C)CCCC2=C1C1CC(=O)/C(=C/O)C1C2.CC1=CC(O/C=C2/C(=O)C[C@@H]3C4=C(CCCC4(C)C)C[C@H]23)OC1=O.CC1=CC(O/C=C2/C(=O)C[C@@H]3C4=C(CCCC4(C)C)C[C@H]23)OC1=O.P.[B]. The van der Waals surface area contributed by atoms with Crippen molar-refractivity contribution in [2.24, 2.45) is 51.8 Å². The van der Waals surface area contributed by atoms with Crippen molar-refractivity contribution in [2.75, 3.05) is 0 Å². The van der Waals surface area contributed by atoms with E-state index < -0.39 is 12.6 Å². The van der Waals surface area contributed by atoms with E-state index in [1.807, 2.05) is 0 Å². The van der Waals surface area contributed by atoms with E-state index in [1.165, 1.54) is 57.8 Å². The van der Waals surface area contributed by atoms with E-state index in [4.69, 9.17) is 18.9 Å². The summed E-state index contributed by atoms with van der Waals surface area (Å²) in [5.74, 6) is 1.70. The monoisotopic (exact) mass is 933 g/mol. The molecule has 2 aliphatic heterocycles. The smallest absolute Gasteiger partial charge is 0.336 e. The van der Waals surface area contributed by atoms with Gasteiger partial charge in [-0.15, -0.1) is 0 Å². The number of aliphatic hydroxyl groups is 1. The second-order valence-corrected chi connectivity index (χ2v) is 22.6. The Kier molecular flexibility index (Phi) is 14.3. The van der Waals surface area contributed by atoms with Crippen molar-refractivity contribution in [3.8, 4) is 0 Å². The predicted molar refractivity (Wildman–Crippen MR) is 261 cm³/mol. The van der Waals surface area contributed by atoms with Crippen molar-refractivity contribution in [3.05, 3.63) is 92.2 Å². The number of cyclic esters (lactones) is 2. The van der Waals surface area contributed by atoms with Crippen LogP contribution in [0.2, 0.25) is 0 Å². The summed E-state index contributed by atoms with van der Waals surface area (Å²) in [6.07, 6.45) is 21.9. The van der Waals surface area contributed by atoms with Crippen molar-refractivity contribution in [1.82, 2.24) is 0 Å². The third-order valence-electron chi connectivity index (χ3n) is 17.2. The molecule has 0 bridgehead atoms. The largest absolute Gasteiger partial charge is 0.515 e. The zero-order valence-electron chi connectivity index (χ0n) is 41.0. The van der Waals surface area contributed by atoms with Crippen molar-refractivity contribution in [3.63, 3.8) is 0 Å². The lowest BCUT2D eigenvalue weighted by molar-refractivity contribution is -0.153. The van der Waals surface area contributed by atoms with Crippen LogP contribution < -0.4 is 0 Å². The fourth-order valence-electron chi connectivity index (χ4n) is 14.4. The summed E-state index contributed by atoms with van der Waals surface area (Å²) in [6.45, 7) is 17.3. The van der Waals surface area contributed by atoms with Crippen LogP contribution in [0.1, 0.15) is 152 Å². The summed E-state index contributed by atoms with van der Waals surface area (Å²) in [4.78, 5) is 59.7.